The summed E-state index contributed by atoms with van der Waals surface area (Å²) in [6, 6.07) is 17.7. The number of hydrogen-bond acceptors (Lipinski definition) is 6. The number of halogens is 3. The van der Waals surface area contributed by atoms with E-state index in [-0.39, 0.29) is 50.2 Å². The van der Waals surface area contributed by atoms with Gasteiger partial charge in [-0.3, -0.25) is 4.79 Å². The number of thioether (sulfide) groups is 1. The zero-order valence-corrected chi connectivity index (χ0v) is 31.2. The van der Waals surface area contributed by atoms with Crippen molar-refractivity contribution in [3.63, 3.8) is 0 Å². The van der Waals surface area contributed by atoms with Crippen molar-refractivity contribution in [1.29, 1.82) is 0 Å². The molecular formula is C38H41F2IN3O4S-. The van der Waals surface area contributed by atoms with E-state index in [0.717, 1.165) is 33.3 Å². The molecule has 1 aliphatic heterocycles. The molecule has 0 saturated heterocycles. The fourth-order valence-electron chi connectivity index (χ4n) is 6.11. The van der Waals surface area contributed by atoms with Crippen molar-refractivity contribution in [3.05, 3.63) is 101 Å². The van der Waals surface area contributed by atoms with Gasteiger partial charge in [-0.15, -0.1) is 0 Å². The maximum Gasteiger partial charge on any atom is -0.0536 e. The predicted octanol–water partition coefficient (Wildman–Crippen LogP) is 5.82. The zero-order chi connectivity index (χ0) is 34.5. The molecule has 260 valence electrons. The van der Waals surface area contributed by atoms with E-state index >= 15 is 8.78 Å². The van der Waals surface area contributed by atoms with Gasteiger partial charge in [0.15, 0.2) is 0 Å². The molecule has 5 aromatic rings. The molecule has 7 nitrogen and oxygen atoms in total. The van der Waals surface area contributed by atoms with Crippen LogP contribution in [0.25, 0.3) is 22.2 Å². The first-order valence-electron chi connectivity index (χ1n) is 16.4. The Kier molecular flexibility index (Phi) is 11.3. The molecule has 49 heavy (non-hydrogen) atoms. The molecule has 1 aliphatic rings. The molecule has 6 rings (SSSR count). The van der Waals surface area contributed by atoms with E-state index < -0.39 is 11.6 Å². The van der Waals surface area contributed by atoms with Gasteiger partial charge in [0, 0.05) is 6.42 Å². The molecule has 2 aromatic heterocycles. The van der Waals surface area contributed by atoms with Crippen LogP contribution in [0.1, 0.15) is 56.3 Å². The number of ether oxygens (including phenoxy) is 3. The number of aryl methyl sites for hydroxylation is 1. The van der Waals surface area contributed by atoms with Crippen molar-refractivity contribution in [3.8, 4) is 22.8 Å². The molecule has 0 spiro atoms. The standard InChI is InChI=1S/C38H41F2IN3O4S/c1-5-47-36(45)12-9-25-7-6-8-26(19-25)34-15-18-46-23-38(2,3)24-49-22-30-28-13-16-43(41-4)35(28)21-32(40)37(30)48-27-10-11-31(39)29(20-27)33-14-17-44(34)42-33/h6-8,10-11,13-14,16-17,19-21,34H,5,9,12,15,18,22-24H2,1-4H3/q-1. The summed E-state index contributed by atoms with van der Waals surface area (Å²) in [5.74, 6) is 0.713. The Bertz CT molecular complexity index is 1940. The van der Waals surface area contributed by atoms with E-state index in [1.54, 1.807) is 36.9 Å². The maximum atomic E-state index is 15.9. The van der Waals surface area contributed by atoms with Crippen LogP contribution >= 0.6 is 11.8 Å². The van der Waals surface area contributed by atoms with Crippen LogP contribution in [0.3, 0.4) is 0 Å². The number of alkyl halides is 1. The van der Waals surface area contributed by atoms with Gasteiger partial charge in [-0.2, -0.15) is 0 Å². The SMILES string of the molecule is CCOC(=O)CCc1cccc(C2CCOCC(C)(C)CSCc3c(c(F)cc4c3ccn4[I-]C)Oc3ccc(F)c(c3)-c3ccn2n3)c1. The van der Waals surface area contributed by atoms with Crippen molar-refractivity contribution < 1.29 is 49.3 Å². The first kappa shape index (κ1) is 35.4. The van der Waals surface area contributed by atoms with E-state index in [1.807, 2.05) is 41.3 Å². The smallest absolute Gasteiger partial charge is 0.0536 e. The Hall–Kier alpha value is -3.42. The summed E-state index contributed by atoms with van der Waals surface area (Å²) >= 11 is 1.41. The minimum Gasteiger partial charge on any atom is -0.0536 e. The quantitative estimate of drug-likeness (QED) is 0.123. The third-order valence-corrected chi connectivity index (χ3v) is 11.9. The number of hydrogen-bond donors (Lipinski definition) is 0. The second-order valence-electron chi connectivity index (χ2n) is 12.9. The van der Waals surface area contributed by atoms with Gasteiger partial charge in [0.1, 0.15) is 0 Å². The number of esters is 1. The minimum atomic E-state index is -0.453. The van der Waals surface area contributed by atoms with Crippen LogP contribution in [0, 0.1) is 17.0 Å². The molecule has 0 saturated carbocycles. The number of fused-ring (bicyclic) bond motifs is 8. The van der Waals surface area contributed by atoms with Gasteiger partial charge in [-0.25, -0.2) is 0 Å². The van der Waals surface area contributed by atoms with Crippen LogP contribution in [0.2, 0.25) is 0 Å². The Morgan fingerprint density at radius 3 is 2.78 bits per heavy atom. The third-order valence-electron chi connectivity index (χ3n) is 8.53. The summed E-state index contributed by atoms with van der Waals surface area (Å²) in [5, 5.41) is 5.82. The van der Waals surface area contributed by atoms with Gasteiger partial charge >= 0.3 is 225 Å². The summed E-state index contributed by atoms with van der Waals surface area (Å²) < 4.78 is 53.0. The average Bonchev–Trinajstić information content (AvgIpc) is 3.73. The molecule has 11 heteroatoms. The van der Waals surface area contributed by atoms with Crippen LogP contribution < -0.4 is 26.2 Å². The molecule has 0 aliphatic carbocycles. The van der Waals surface area contributed by atoms with E-state index in [4.69, 9.17) is 19.3 Å². The van der Waals surface area contributed by atoms with E-state index in [2.05, 4.69) is 27.6 Å². The van der Waals surface area contributed by atoms with Gasteiger partial charge in [0.2, 0.25) is 0 Å². The van der Waals surface area contributed by atoms with Crippen molar-refractivity contribution >= 4 is 28.6 Å². The number of carbonyl (C=O) groups is 1. The van der Waals surface area contributed by atoms with Crippen molar-refractivity contribution in [1.82, 2.24) is 12.6 Å². The summed E-state index contributed by atoms with van der Waals surface area (Å²) in [4.78, 5) is 14.2. The minimum absolute atomic E-state index is 0.141. The molecule has 0 radical (unpaired) electrons. The van der Waals surface area contributed by atoms with Crippen LogP contribution in [0.5, 0.6) is 11.5 Å². The molecular weight excluding hydrogens is 759 g/mol. The number of benzene rings is 3. The first-order valence-corrected chi connectivity index (χ1v) is 20.7. The number of aromatic nitrogens is 3. The van der Waals surface area contributed by atoms with Crippen molar-refractivity contribution in [2.45, 2.75) is 51.8 Å². The molecule has 0 N–H and O–H groups in total. The summed E-state index contributed by atoms with van der Waals surface area (Å²) in [6.45, 7) is 7.55. The van der Waals surface area contributed by atoms with Crippen LogP contribution in [0.15, 0.2) is 73.1 Å². The van der Waals surface area contributed by atoms with Gasteiger partial charge in [0.25, 0.3) is 0 Å². The van der Waals surface area contributed by atoms with Crippen molar-refractivity contribution in [2.75, 3.05) is 30.5 Å². The fourth-order valence-corrected chi connectivity index (χ4v) is 8.74. The zero-order valence-electron chi connectivity index (χ0n) is 28.2. The van der Waals surface area contributed by atoms with Crippen LogP contribution in [0.4, 0.5) is 8.78 Å². The topological polar surface area (TPSA) is 67.5 Å². The Morgan fingerprint density at radius 1 is 1.10 bits per heavy atom. The number of rotatable bonds is 6. The van der Waals surface area contributed by atoms with Crippen LogP contribution in [-0.4, -0.2) is 49.0 Å². The molecule has 4 bridgehead atoms. The maximum absolute atomic E-state index is 15.9. The predicted molar refractivity (Wildman–Crippen MR) is 186 cm³/mol. The van der Waals surface area contributed by atoms with Gasteiger partial charge < -0.3 is 4.74 Å². The molecule has 1 unspecified atom stereocenters. The van der Waals surface area contributed by atoms with Gasteiger partial charge in [-0.1, -0.05) is 24.3 Å². The normalized spacial score (nSPS) is 16.8. The number of carbonyl (C=O) groups excluding carboxylic acids is 1. The van der Waals surface area contributed by atoms with Gasteiger partial charge in [-0.05, 0) is 24.5 Å². The average molecular weight is 801 g/mol. The molecule has 0 fully saturated rings. The second kappa shape index (κ2) is 15.6. The van der Waals surface area contributed by atoms with E-state index in [0.29, 0.717) is 56.3 Å². The largest absolute Gasteiger partial charge is 0.0536 e. The third kappa shape index (κ3) is 8.32. The molecule has 0 amide bonds. The summed E-state index contributed by atoms with van der Waals surface area (Å²) in [5.41, 5.74) is 4.24. The summed E-state index contributed by atoms with van der Waals surface area (Å²) in [7, 11) is 0. The van der Waals surface area contributed by atoms with Gasteiger partial charge in [0.05, 0.1) is 12.6 Å². The number of nitrogens with zero attached hydrogens (tertiary/aromatic N) is 3. The Balaban J connectivity index is 1.38. The second-order valence-corrected chi connectivity index (χ2v) is 15.9. The Morgan fingerprint density at radius 2 is 1.96 bits per heavy atom. The van der Waals surface area contributed by atoms with E-state index in [9.17, 15) is 4.79 Å². The fraction of sp³-hybridized carbons (Fsp3) is 0.368. The Labute approximate surface area is 300 Å². The molecule has 3 heterocycles. The molecule has 1 atom stereocenters. The van der Waals surface area contributed by atoms with E-state index in [1.165, 1.54) is 12.1 Å². The van der Waals surface area contributed by atoms with Crippen LogP contribution in [-0.2, 0) is 26.4 Å². The first-order chi connectivity index (χ1) is 23.7. The van der Waals surface area contributed by atoms with Crippen molar-refractivity contribution in [2.24, 2.45) is 5.41 Å². The monoisotopic (exact) mass is 800 g/mol. The molecule has 3 aromatic carbocycles. The summed E-state index contributed by atoms with van der Waals surface area (Å²) in [6.07, 6.45) is 5.36.